The molecule has 0 aromatic heterocycles. The molecule has 0 heterocycles. The fraction of sp³-hybridized carbons (Fsp3) is 1.00. The van der Waals surface area contributed by atoms with Crippen LogP contribution in [0.1, 0.15) is 41.5 Å². The van der Waals surface area contributed by atoms with Crippen molar-refractivity contribution in [3.05, 3.63) is 0 Å². The summed E-state index contributed by atoms with van der Waals surface area (Å²) >= 11 is 0. The lowest BCUT2D eigenvalue weighted by atomic mass is 10.3. The summed E-state index contributed by atoms with van der Waals surface area (Å²) in [6.07, 6.45) is 0. The maximum atomic E-state index is 11.0. The van der Waals surface area contributed by atoms with Gasteiger partial charge < -0.3 is 4.57 Å². The van der Waals surface area contributed by atoms with Crippen LogP contribution in [0.4, 0.5) is 0 Å². The highest BCUT2D eigenvalue weighted by molar-refractivity contribution is 7.62. The molecule has 0 radical (unpaired) electrons. The summed E-state index contributed by atoms with van der Waals surface area (Å²) in [7, 11) is -5.20. The molecule has 0 aliphatic heterocycles. The molecule has 1 atom stereocenters. The molecule has 0 rings (SSSR count). The molecule has 5 nitrogen and oxygen atoms in total. The first kappa shape index (κ1) is 18.7. The highest BCUT2D eigenvalue weighted by atomic mass is 31.2. The molecule has 1 unspecified atom stereocenters. The van der Waals surface area contributed by atoms with Crippen molar-refractivity contribution in [2.75, 3.05) is 6.66 Å². The number of hydrogen-bond donors (Lipinski definition) is 3. The predicted octanol–water partition coefficient (Wildman–Crippen LogP) is 2.55. The Hall–Kier alpha value is 0.340. The Bertz CT molecular complexity index is 272. The van der Waals surface area contributed by atoms with Crippen molar-refractivity contribution in [3.63, 3.8) is 0 Å². The van der Waals surface area contributed by atoms with E-state index in [1.165, 1.54) is 0 Å². The second-order valence-electron chi connectivity index (χ2n) is 6.04. The summed E-state index contributed by atoms with van der Waals surface area (Å²) in [5.41, 5.74) is 15.7. The number of nitrogens with two attached hydrogens (primary N) is 3. The first-order valence-electron chi connectivity index (χ1n) is 5.03. The molecule has 0 bridgehead atoms. The molecule has 0 spiro atoms. The lowest BCUT2D eigenvalue weighted by Crippen LogP contribution is -2.25. The minimum absolute atomic E-state index is 0.229. The van der Waals surface area contributed by atoms with Crippen LogP contribution >= 0.6 is 14.7 Å². The van der Waals surface area contributed by atoms with Crippen molar-refractivity contribution >= 4 is 14.7 Å². The highest BCUT2D eigenvalue weighted by Crippen LogP contribution is 2.46. The first-order valence-corrected chi connectivity index (χ1v) is 9.10. The molecule has 0 saturated carbocycles. The van der Waals surface area contributed by atoms with E-state index >= 15 is 0 Å². The SMILES string of the molecule is CC(C)(C)P(C)(N)=O.CC(C)(C)P(N)(N)=O. The van der Waals surface area contributed by atoms with Crippen LogP contribution in [0.15, 0.2) is 0 Å². The summed E-state index contributed by atoms with van der Waals surface area (Å²) < 4.78 is 21.8. The molecule has 6 N–H and O–H groups in total. The Morgan fingerprint density at radius 1 is 0.750 bits per heavy atom. The van der Waals surface area contributed by atoms with E-state index in [2.05, 4.69) is 0 Å². The van der Waals surface area contributed by atoms with Crippen LogP contribution in [-0.4, -0.2) is 17.0 Å². The van der Waals surface area contributed by atoms with Gasteiger partial charge in [-0.3, -0.25) is 21.1 Å². The van der Waals surface area contributed by atoms with Gasteiger partial charge in [0, 0.05) is 17.0 Å². The van der Waals surface area contributed by atoms with Crippen LogP contribution < -0.4 is 16.5 Å². The minimum Gasteiger partial charge on any atom is -0.307 e. The second kappa shape index (κ2) is 5.32. The molecule has 0 aliphatic carbocycles. The Labute approximate surface area is 99.4 Å². The van der Waals surface area contributed by atoms with Crippen LogP contribution in [-0.2, 0) is 9.13 Å². The number of hydrogen-bond acceptors (Lipinski definition) is 2. The van der Waals surface area contributed by atoms with Crippen molar-refractivity contribution in [1.82, 2.24) is 0 Å². The quantitative estimate of drug-likeness (QED) is 0.586. The van der Waals surface area contributed by atoms with Gasteiger partial charge in [0.2, 0.25) is 7.44 Å². The molecule has 0 aromatic rings. The smallest absolute Gasteiger partial charge is 0.211 e. The largest absolute Gasteiger partial charge is 0.307 e. The molecule has 0 aromatic carbocycles. The monoisotopic (exact) mass is 271 g/mol. The average Bonchev–Trinajstić information content (AvgIpc) is 1.77. The van der Waals surface area contributed by atoms with Crippen LogP contribution in [0.25, 0.3) is 0 Å². The average molecular weight is 271 g/mol. The van der Waals surface area contributed by atoms with E-state index in [0.29, 0.717) is 0 Å². The van der Waals surface area contributed by atoms with Crippen LogP contribution in [0.2, 0.25) is 0 Å². The molecule has 100 valence electrons. The van der Waals surface area contributed by atoms with Crippen molar-refractivity contribution in [3.8, 4) is 0 Å². The van der Waals surface area contributed by atoms with Crippen molar-refractivity contribution in [1.29, 1.82) is 0 Å². The van der Waals surface area contributed by atoms with E-state index in [-0.39, 0.29) is 5.16 Å². The molecular weight excluding hydrogens is 244 g/mol. The maximum absolute atomic E-state index is 11.0. The molecular formula is C9H27N3O2P2. The third-order valence-electron chi connectivity index (χ3n) is 2.38. The predicted molar refractivity (Wildman–Crippen MR) is 73.2 cm³/mol. The van der Waals surface area contributed by atoms with Crippen LogP contribution in [0.3, 0.4) is 0 Å². The first-order chi connectivity index (χ1) is 6.50. The van der Waals surface area contributed by atoms with E-state index in [1.807, 2.05) is 20.8 Å². The van der Waals surface area contributed by atoms with Crippen molar-refractivity contribution in [2.45, 2.75) is 51.9 Å². The van der Waals surface area contributed by atoms with Crippen LogP contribution in [0.5, 0.6) is 0 Å². The summed E-state index contributed by atoms with van der Waals surface area (Å²) in [5, 5.41) is -0.681. The molecule has 0 fully saturated rings. The van der Waals surface area contributed by atoms with Crippen molar-refractivity contribution < 1.29 is 9.13 Å². The topological polar surface area (TPSA) is 112 Å². The lowest BCUT2D eigenvalue weighted by molar-refractivity contribution is 0.550. The number of rotatable bonds is 0. The zero-order valence-corrected chi connectivity index (χ0v) is 13.2. The fourth-order valence-corrected chi connectivity index (χ4v) is 0. The summed E-state index contributed by atoms with van der Waals surface area (Å²) in [6.45, 7) is 12.5. The Morgan fingerprint density at radius 2 is 0.875 bits per heavy atom. The van der Waals surface area contributed by atoms with E-state index in [0.717, 1.165) is 0 Å². The highest BCUT2D eigenvalue weighted by Gasteiger charge is 2.27. The lowest BCUT2D eigenvalue weighted by Gasteiger charge is -2.22. The zero-order valence-electron chi connectivity index (χ0n) is 11.4. The van der Waals surface area contributed by atoms with Crippen molar-refractivity contribution in [2.24, 2.45) is 16.5 Å². The van der Waals surface area contributed by atoms with Gasteiger partial charge in [-0.15, -0.1) is 0 Å². The molecule has 0 aliphatic rings. The summed E-state index contributed by atoms with van der Waals surface area (Å²) in [5.74, 6) is 0. The second-order valence-corrected chi connectivity index (χ2v) is 12.1. The van der Waals surface area contributed by atoms with E-state index < -0.39 is 19.9 Å². The van der Waals surface area contributed by atoms with Gasteiger partial charge in [0.05, 0.1) is 0 Å². The summed E-state index contributed by atoms with van der Waals surface area (Å²) in [6, 6.07) is 0. The molecule has 0 saturated heterocycles. The molecule has 16 heavy (non-hydrogen) atoms. The van der Waals surface area contributed by atoms with Gasteiger partial charge in [0.25, 0.3) is 0 Å². The van der Waals surface area contributed by atoms with Gasteiger partial charge in [-0.25, -0.2) is 0 Å². The van der Waals surface area contributed by atoms with E-state index in [1.54, 1.807) is 27.4 Å². The molecule has 0 amide bonds. The maximum Gasteiger partial charge on any atom is 0.211 e. The Kier molecular flexibility index (Phi) is 6.22. The standard InChI is InChI=1S/C5H14NOP.C4H13N2OP/c1-5(2,3)8(4,6)7;1-4(2,3)8(5,6)7/h1-4H3,(H2,6,7);1-3H3,(H4,5,6,7). The van der Waals surface area contributed by atoms with E-state index in [4.69, 9.17) is 16.5 Å². The summed E-state index contributed by atoms with van der Waals surface area (Å²) in [4.78, 5) is 0. The Morgan fingerprint density at radius 3 is 0.875 bits per heavy atom. The van der Waals surface area contributed by atoms with Gasteiger partial charge >= 0.3 is 0 Å². The zero-order chi connectivity index (χ0) is 14.0. The van der Waals surface area contributed by atoms with Crippen LogP contribution in [0, 0.1) is 0 Å². The molecule has 7 heteroatoms. The van der Waals surface area contributed by atoms with Gasteiger partial charge in [-0.05, 0) is 0 Å². The normalized spacial score (nSPS) is 17.1. The fourth-order valence-electron chi connectivity index (χ4n) is 0. The minimum atomic E-state index is -2.85. The Balaban J connectivity index is 0. The van der Waals surface area contributed by atoms with Gasteiger partial charge in [-0.2, -0.15) is 0 Å². The third kappa shape index (κ3) is 7.59. The van der Waals surface area contributed by atoms with E-state index in [9.17, 15) is 9.13 Å². The third-order valence-corrected chi connectivity index (χ3v) is 7.14. The van der Waals surface area contributed by atoms with Gasteiger partial charge in [-0.1, -0.05) is 41.5 Å². The van der Waals surface area contributed by atoms with Gasteiger partial charge in [0.15, 0.2) is 0 Å². The van der Waals surface area contributed by atoms with Gasteiger partial charge in [0.1, 0.15) is 7.29 Å².